The first-order valence-corrected chi connectivity index (χ1v) is 4.21. The Labute approximate surface area is 80.0 Å². The number of aldehydes is 1. The number of rotatable bonds is 1. The van der Waals surface area contributed by atoms with Gasteiger partial charge in [-0.2, -0.15) is 0 Å². The molecule has 1 aromatic carbocycles. The highest BCUT2D eigenvalue weighted by Crippen LogP contribution is 2.18. The standard InChI is InChI=1S/C11H8O3/c1-7-5-10(13)14-11-8(6-12)3-2-4-9(7)11/h2-6H,1H3. The lowest BCUT2D eigenvalue weighted by atomic mass is 10.1. The summed E-state index contributed by atoms with van der Waals surface area (Å²) in [5.41, 5.74) is 1.17. The molecule has 3 nitrogen and oxygen atoms in total. The van der Waals surface area contributed by atoms with Crippen LogP contribution in [0.3, 0.4) is 0 Å². The van der Waals surface area contributed by atoms with E-state index in [0.29, 0.717) is 17.4 Å². The van der Waals surface area contributed by atoms with Crippen molar-refractivity contribution in [1.29, 1.82) is 0 Å². The zero-order chi connectivity index (χ0) is 10.1. The van der Waals surface area contributed by atoms with Crippen LogP contribution in [-0.4, -0.2) is 6.29 Å². The van der Waals surface area contributed by atoms with Gasteiger partial charge in [0.2, 0.25) is 0 Å². The van der Waals surface area contributed by atoms with E-state index in [1.165, 1.54) is 6.07 Å². The third-order valence-electron chi connectivity index (χ3n) is 2.13. The van der Waals surface area contributed by atoms with Crippen LogP contribution in [0.25, 0.3) is 11.0 Å². The van der Waals surface area contributed by atoms with E-state index in [9.17, 15) is 9.59 Å². The van der Waals surface area contributed by atoms with Crippen molar-refractivity contribution in [2.45, 2.75) is 6.92 Å². The molecule has 70 valence electrons. The van der Waals surface area contributed by atoms with Crippen LogP contribution in [0, 0.1) is 6.92 Å². The van der Waals surface area contributed by atoms with Gasteiger partial charge in [-0.1, -0.05) is 12.1 Å². The predicted octanol–water partition coefficient (Wildman–Crippen LogP) is 1.91. The average Bonchev–Trinajstić information content (AvgIpc) is 2.17. The first-order chi connectivity index (χ1) is 6.72. The molecular weight excluding hydrogens is 180 g/mol. The Hall–Kier alpha value is -1.90. The van der Waals surface area contributed by atoms with Crippen molar-refractivity contribution < 1.29 is 9.21 Å². The molecule has 0 unspecified atom stereocenters. The molecule has 0 aliphatic carbocycles. The monoisotopic (exact) mass is 188 g/mol. The van der Waals surface area contributed by atoms with Gasteiger partial charge in [0.1, 0.15) is 5.58 Å². The van der Waals surface area contributed by atoms with Gasteiger partial charge < -0.3 is 4.42 Å². The predicted molar refractivity (Wildman–Crippen MR) is 52.6 cm³/mol. The molecule has 0 radical (unpaired) electrons. The Balaban J connectivity index is 3.00. The van der Waals surface area contributed by atoms with Gasteiger partial charge in [-0.3, -0.25) is 4.79 Å². The topological polar surface area (TPSA) is 47.3 Å². The Morgan fingerprint density at radius 3 is 2.86 bits per heavy atom. The molecule has 0 fully saturated rings. The molecule has 2 rings (SSSR count). The highest BCUT2D eigenvalue weighted by molar-refractivity contribution is 5.95. The molecule has 0 amide bonds. The molecule has 0 saturated carbocycles. The van der Waals surface area contributed by atoms with Crippen molar-refractivity contribution in [2.24, 2.45) is 0 Å². The summed E-state index contributed by atoms with van der Waals surface area (Å²) in [6.07, 6.45) is 0.685. The lowest BCUT2D eigenvalue weighted by molar-refractivity contribution is 0.112. The molecular formula is C11H8O3. The molecule has 1 heterocycles. The van der Waals surface area contributed by atoms with Gasteiger partial charge in [-0.05, 0) is 18.6 Å². The lowest BCUT2D eigenvalue weighted by Gasteiger charge is -2.00. The van der Waals surface area contributed by atoms with Crippen molar-refractivity contribution >= 4 is 17.3 Å². The third kappa shape index (κ3) is 1.23. The number of carbonyl (C=O) groups excluding carboxylic acids is 1. The lowest BCUT2D eigenvalue weighted by Crippen LogP contribution is -1.99. The van der Waals surface area contributed by atoms with Crippen LogP contribution in [-0.2, 0) is 0 Å². The van der Waals surface area contributed by atoms with E-state index in [1.54, 1.807) is 12.1 Å². The molecule has 1 aromatic heterocycles. The van der Waals surface area contributed by atoms with Crippen LogP contribution in [0.5, 0.6) is 0 Å². The maximum Gasteiger partial charge on any atom is 0.336 e. The Morgan fingerprint density at radius 1 is 1.36 bits per heavy atom. The van der Waals surface area contributed by atoms with Gasteiger partial charge in [0.25, 0.3) is 0 Å². The minimum absolute atomic E-state index is 0.368. The summed E-state index contributed by atoms with van der Waals surface area (Å²) in [6.45, 7) is 1.81. The van der Waals surface area contributed by atoms with Gasteiger partial charge in [0, 0.05) is 11.5 Å². The van der Waals surface area contributed by atoms with E-state index in [2.05, 4.69) is 0 Å². The summed E-state index contributed by atoms with van der Waals surface area (Å²) in [5, 5.41) is 0.800. The van der Waals surface area contributed by atoms with E-state index in [0.717, 1.165) is 10.9 Å². The second-order valence-corrected chi connectivity index (χ2v) is 3.09. The summed E-state index contributed by atoms with van der Waals surface area (Å²) >= 11 is 0. The quantitative estimate of drug-likeness (QED) is 0.507. The fourth-order valence-electron chi connectivity index (χ4n) is 1.46. The second-order valence-electron chi connectivity index (χ2n) is 3.09. The van der Waals surface area contributed by atoms with Crippen molar-refractivity contribution in [3.05, 3.63) is 45.8 Å². The number of para-hydroxylation sites is 1. The van der Waals surface area contributed by atoms with Crippen LogP contribution < -0.4 is 5.63 Å². The van der Waals surface area contributed by atoms with Crippen LogP contribution in [0.15, 0.2) is 33.5 Å². The highest BCUT2D eigenvalue weighted by Gasteiger charge is 2.05. The van der Waals surface area contributed by atoms with E-state index >= 15 is 0 Å². The maximum atomic E-state index is 11.1. The first-order valence-electron chi connectivity index (χ1n) is 4.21. The van der Waals surface area contributed by atoms with E-state index < -0.39 is 5.63 Å². The van der Waals surface area contributed by atoms with E-state index in [4.69, 9.17) is 4.42 Å². The Bertz CT molecular complexity index is 552. The molecule has 0 spiro atoms. The van der Waals surface area contributed by atoms with Gasteiger partial charge in [0.05, 0.1) is 5.56 Å². The molecule has 0 aliphatic rings. The zero-order valence-electron chi connectivity index (χ0n) is 7.61. The van der Waals surface area contributed by atoms with Gasteiger partial charge in [0.15, 0.2) is 6.29 Å². The number of hydrogen-bond donors (Lipinski definition) is 0. The average molecular weight is 188 g/mol. The number of hydrogen-bond acceptors (Lipinski definition) is 3. The fraction of sp³-hybridized carbons (Fsp3) is 0.0909. The summed E-state index contributed by atoms with van der Waals surface area (Å²) in [5.74, 6) is 0. The van der Waals surface area contributed by atoms with Crippen molar-refractivity contribution in [3.63, 3.8) is 0 Å². The minimum Gasteiger partial charge on any atom is -0.422 e. The number of benzene rings is 1. The normalized spacial score (nSPS) is 10.4. The van der Waals surface area contributed by atoms with Crippen LogP contribution in [0.1, 0.15) is 15.9 Å². The van der Waals surface area contributed by atoms with Crippen LogP contribution in [0.4, 0.5) is 0 Å². The van der Waals surface area contributed by atoms with Gasteiger partial charge in [-0.25, -0.2) is 4.79 Å². The molecule has 3 heteroatoms. The van der Waals surface area contributed by atoms with Crippen molar-refractivity contribution in [1.82, 2.24) is 0 Å². The molecule has 0 N–H and O–H groups in total. The van der Waals surface area contributed by atoms with Crippen LogP contribution in [0.2, 0.25) is 0 Å². The summed E-state index contributed by atoms with van der Waals surface area (Å²) in [4.78, 5) is 21.8. The Morgan fingerprint density at radius 2 is 2.14 bits per heavy atom. The number of aryl methyl sites for hydroxylation is 1. The van der Waals surface area contributed by atoms with Gasteiger partial charge >= 0.3 is 5.63 Å². The molecule has 2 aromatic rings. The number of carbonyl (C=O) groups is 1. The van der Waals surface area contributed by atoms with Crippen molar-refractivity contribution in [3.8, 4) is 0 Å². The maximum absolute atomic E-state index is 11.1. The van der Waals surface area contributed by atoms with Crippen LogP contribution >= 0.6 is 0 Å². The fourth-order valence-corrected chi connectivity index (χ4v) is 1.46. The van der Waals surface area contributed by atoms with E-state index in [1.807, 2.05) is 13.0 Å². The summed E-state index contributed by atoms with van der Waals surface area (Å²) in [7, 11) is 0. The largest absolute Gasteiger partial charge is 0.422 e. The summed E-state index contributed by atoms with van der Waals surface area (Å²) in [6, 6.07) is 6.62. The first kappa shape index (κ1) is 8.69. The molecule has 0 atom stereocenters. The smallest absolute Gasteiger partial charge is 0.336 e. The van der Waals surface area contributed by atoms with E-state index in [-0.39, 0.29) is 0 Å². The number of fused-ring (bicyclic) bond motifs is 1. The third-order valence-corrected chi connectivity index (χ3v) is 2.13. The SMILES string of the molecule is Cc1cc(=O)oc2c(C=O)cccc12. The molecule has 0 aliphatic heterocycles. The molecule has 0 saturated heterocycles. The second kappa shape index (κ2) is 3.10. The van der Waals surface area contributed by atoms with Crippen molar-refractivity contribution in [2.75, 3.05) is 0 Å². The highest BCUT2D eigenvalue weighted by atomic mass is 16.4. The molecule has 14 heavy (non-hydrogen) atoms. The molecule has 0 bridgehead atoms. The van der Waals surface area contributed by atoms with Gasteiger partial charge in [-0.15, -0.1) is 0 Å². The Kier molecular flexibility index (Phi) is 1.93. The minimum atomic E-state index is -0.427. The summed E-state index contributed by atoms with van der Waals surface area (Å²) < 4.78 is 4.98. The zero-order valence-corrected chi connectivity index (χ0v) is 7.61.